The third-order valence-corrected chi connectivity index (χ3v) is 11.3. The van der Waals surface area contributed by atoms with Gasteiger partial charge in [-0.1, -0.05) is 221 Å². The van der Waals surface area contributed by atoms with Crippen molar-refractivity contribution in [3.63, 3.8) is 0 Å². The molecule has 0 aromatic rings. The SMILES string of the molecule is CCCCCCCCCCCCCCCCCCOC(COC(=O)CCCCCCCCCCCCCCCCC)COP(=O)(O)OCCC(C)(C)C. The second kappa shape index (κ2) is 38.4. The largest absolute Gasteiger partial charge is 0.472 e. The van der Waals surface area contributed by atoms with Gasteiger partial charge in [-0.15, -0.1) is 0 Å². The minimum absolute atomic E-state index is 0.0123. The molecule has 7 nitrogen and oxygen atoms in total. The third-order valence-electron chi connectivity index (χ3n) is 10.3. The van der Waals surface area contributed by atoms with Crippen molar-refractivity contribution in [3.8, 4) is 0 Å². The van der Waals surface area contributed by atoms with E-state index in [2.05, 4.69) is 34.6 Å². The Balaban J connectivity index is 4.16. The predicted molar refractivity (Wildman–Crippen MR) is 226 cm³/mol. The lowest BCUT2D eigenvalue weighted by Crippen LogP contribution is -2.27. The number of rotatable bonds is 42. The Morgan fingerprint density at radius 1 is 0.509 bits per heavy atom. The molecule has 0 fully saturated rings. The second-order valence-electron chi connectivity index (χ2n) is 17.1. The van der Waals surface area contributed by atoms with Crippen LogP contribution in [-0.4, -0.2) is 43.4 Å². The van der Waals surface area contributed by atoms with E-state index in [0.717, 1.165) is 32.1 Å². The van der Waals surface area contributed by atoms with Crippen molar-refractivity contribution in [1.82, 2.24) is 0 Å². The number of hydrogen-bond donors (Lipinski definition) is 1. The molecule has 0 saturated carbocycles. The Labute approximate surface area is 330 Å². The molecule has 0 spiro atoms. The number of phosphoric ester groups is 1. The first-order chi connectivity index (χ1) is 25.6. The van der Waals surface area contributed by atoms with E-state index in [1.54, 1.807) is 0 Å². The van der Waals surface area contributed by atoms with Gasteiger partial charge in [-0.25, -0.2) is 4.57 Å². The van der Waals surface area contributed by atoms with Gasteiger partial charge >= 0.3 is 13.8 Å². The highest BCUT2D eigenvalue weighted by Crippen LogP contribution is 2.44. The van der Waals surface area contributed by atoms with Crippen LogP contribution in [0, 0.1) is 5.41 Å². The van der Waals surface area contributed by atoms with Crippen LogP contribution < -0.4 is 0 Å². The Hall–Kier alpha value is -0.460. The molecule has 0 aliphatic rings. The first kappa shape index (κ1) is 52.5. The van der Waals surface area contributed by atoms with E-state index in [1.165, 1.54) is 167 Å². The van der Waals surface area contributed by atoms with E-state index >= 15 is 0 Å². The third kappa shape index (κ3) is 42.5. The van der Waals surface area contributed by atoms with Crippen molar-refractivity contribution >= 4 is 13.8 Å². The Morgan fingerprint density at radius 3 is 1.25 bits per heavy atom. The van der Waals surface area contributed by atoms with Crippen LogP contribution in [-0.2, 0) is 27.9 Å². The smallest absolute Gasteiger partial charge is 0.463 e. The number of phosphoric acid groups is 1. The summed E-state index contributed by atoms with van der Waals surface area (Å²) in [6.45, 7) is 11.2. The molecule has 2 atom stereocenters. The van der Waals surface area contributed by atoms with Crippen LogP contribution in [0.15, 0.2) is 0 Å². The van der Waals surface area contributed by atoms with Gasteiger partial charge in [-0.2, -0.15) is 0 Å². The van der Waals surface area contributed by atoms with Gasteiger partial charge in [0.25, 0.3) is 0 Å². The molecule has 0 rings (SSSR count). The van der Waals surface area contributed by atoms with Crippen molar-refractivity contribution < 1.29 is 32.8 Å². The van der Waals surface area contributed by atoms with Crippen LogP contribution in [0.1, 0.15) is 247 Å². The van der Waals surface area contributed by atoms with Crippen LogP contribution in [0.25, 0.3) is 0 Å². The van der Waals surface area contributed by atoms with Gasteiger partial charge in [-0.05, 0) is 24.7 Å². The monoisotopic (exact) mass is 775 g/mol. The molecule has 0 heterocycles. The van der Waals surface area contributed by atoms with Gasteiger partial charge in [0.05, 0.1) is 13.2 Å². The van der Waals surface area contributed by atoms with E-state index < -0.39 is 13.9 Å². The second-order valence-corrected chi connectivity index (χ2v) is 18.5. The van der Waals surface area contributed by atoms with Gasteiger partial charge in [0, 0.05) is 13.0 Å². The highest BCUT2D eigenvalue weighted by molar-refractivity contribution is 7.47. The molecule has 0 amide bonds. The summed E-state index contributed by atoms with van der Waals surface area (Å²) in [4.78, 5) is 22.7. The molecule has 0 bridgehead atoms. The molecular weight excluding hydrogens is 683 g/mol. The quantitative estimate of drug-likeness (QED) is 0.0375. The maximum Gasteiger partial charge on any atom is 0.472 e. The van der Waals surface area contributed by atoms with Crippen LogP contribution in [0.4, 0.5) is 0 Å². The average Bonchev–Trinajstić information content (AvgIpc) is 3.11. The molecular formula is C45H91O7P. The molecule has 0 aliphatic carbocycles. The van der Waals surface area contributed by atoms with Crippen molar-refractivity contribution in [3.05, 3.63) is 0 Å². The molecule has 0 radical (unpaired) electrons. The fourth-order valence-electron chi connectivity index (χ4n) is 6.62. The van der Waals surface area contributed by atoms with E-state index in [4.69, 9.17) is 18.5 Å². The molecule has 8 heteroatoms. The molecule has 53 heavy (non-hydrogen) atoms. The minimum atomic E-state index is -4.22. The van der Waals surface area contributed by atoms with Crippen molar-refractivity contribution in [2.45, 2.75) is 253 Å². The zero-order valence-electron chi connectivity index (χ0n) is 36.1. The van der Waals surface area contributed by atoms with E-state index in [-0.39, 0.29) is 31.2 Å². The topological polar surface area (TPSA) is 91.3 Å². The average molecular weight is 775 g/mol. The van der Waals surface area contributed by atoms with Gasteiger partial charge < -0.3 is 14.4 Å². The van der Waals surface area contributed by atoms with Crippen molar-refractivity contribution in [1.29, 1.82) is 0 Å². The van der Waals surface area contributed by atoms with E-state index in [0.29, 0.717) is 19.4 Å². The van der Waals surface area contributed by atoms with E-state index in [1.807, 2.05) is 0 Å². The van der Waals surface area contributed by atoms with E-state index in [9.17, 15) is 14.3 Å². The number of unbranched alkanes of at least 4 members (excludes halogenated alkanes) is 29. The summed E-state index contributed by atoms with van der Waals surface area (Å²) in [5.41, 5.74) is -0.0144. The van der Waals surface area contributed by atoms with Gasteiger partial charge in [0.2, 0.25) is 0 Å². The minimum Gasteiger partial charge on any atom is -0.463 e. The zero-order valence-corrected chi connectivity index (χ0v) is 37.0. The molecule has 0 aromatic carbocycles. The summed E-state index contributed by atoms with van der Waals surface area (Å²) in [7, 11) is -4.22. The van der Waals surface area contributed by atoms with Crippen LogP contribution in [0.5, 0.6) is 0 Å². The predicted octanol–water partition coefficient (Wildman–Crippen LogP) is 15.0. The number of esters is 1. The molecule has 1 N–H and O–H groups in total. The fraction of sp³-hybridized carbons (Fsp3) is 0.978. The van der Waals surface area contributed by atoms with Crippen molar-refractivity contribution in [2.24, 2.45) is 5.41 Å². The lowest BCUT2D eigenvalue weighted by molar-refractivity contribution is -0.149. The molecule has 0 aliphatic heterocycles. The standard InChI is InChI=1S/C45H91O7P/c1-6-8-10-12-14-16-18-20-22-24-26-28-30-32-34-36-39-49-43(42-52-53(47,48)51-40-38-45(3,4)5)41-50-44(46)37-35-33-31-29-27-25-23-21-19-17-15-13-11-9-7-2/h43H,6-42H2,1-5H3,(H,47,48). The normalized spacial score (nSPS) is 13.7. The van der Waals surface area contributed by atoms with Crippen LogP contribution >= 0.6 is 7.82 Å². The number of hydrogen-bond acceptors (Lipinski definition) is 6. The fourth-order valence-corrected chi connectivity index (χ4v) is 7.38. The van der Waals surface area contributed by atoms with Gasteiger partial charge in [0.15, 0.2) is 0 Å². The van der Waals surface area contributed by atoms with Crippen molar-refractivity contribution in [2.75, 3.05) is 26.4 Å². The van der Waals surface area contributed by atoms with Gasteiger partial charge in [0.1, 0.15) is 12.7 Å². The molecule has 0 saturated heterocycles. The van der Waals surface area contributed by atoms with Crippen LogP contribution in [0.3, 0.4) is 0 Å². The Bertz CT molecular complexity index is 815. The first-order valence-electron chi connectivity index (χ1n) is 23.0. The summed E-state index contributed by atoms with van der Waals surface area (Å²) < 4.78 is 34.5. The van der Waals surface area contributed by atoms with Gasteiger partial charge in [-0.3, -0.25) is 13.8 Å². The zero-order chi connectivity index (χ0) is 39.1. The lowest BCUT2D eigenvalue weighted by Gasteiger charge is -2.21. The lowest BCUT2D eigenvalue weighted by atomic mass is 9.93. The Morgan fingerprint density at radius 2 is 0.868 bits per heavy atom. The summed E-state index contributed by atoms with van der Waals surface area (Å²) in [5, 5.41) is 0. The number of carbonyl (C=O) groups is 1. The summed E-state index contributed by atoms with van der Waals surface area (Å²) >= 11 is 0. The number of carbonyl (C=O) groups excluding carboxylic acids is 1. The maximum atomic E-state index is 12.5. The summed E-state index contributed by atoms with van der Waals surface area (Å²) in [5.74, 6) is -0.246. The highest BCUT2D eigenvalue weighted by Gasteiger charge is 2.25. The number of ether oxygens (including phenoxy) is 2. The first-order valence-corrected chi connectivity index (χ1v) is 24.5. The molecule has 318 valence electrons. The summed E-state index contributed by atoms with van der Waals surface area (Å²) in [6.07, 6.45) is 40.6. The van der Waals surface area contributed by atoms with Crippen LogP contribution in [0.2, 0.25) is 0 Å². The molecule has 2 unspecified atom stereocenters. The summed E-state index contributed by atoms with van der Waals surface area (Å²) in [6, 6.07) is 0. The highest BCUT2D eigenvalue weighted by atomic mass is 31.2. The Kier molecular flexibility index (Phi) is 38.1. The maximum absolute atomic E-state index is 12.5. The molecule has 0 aromatic heterocycles.